The molecule has 25 heavy (non-hydrogen) atoms. The van der Waals surface area contributed by atoms with Gasteiger partial charge in [0.1, 0.15) is 0 Å². The van der Waals surface area contributed by atoms with Crippen LogP contribution < -0.4 is 10.6 Å². The predicted octanol–water partition coefficient (Wildman–Crippen LogP) is 4.13. The lowest BCUT2D eigenvalue weighted by Crippen LogP contribution is -2.15. The maximum atomic E-state index is 12.2. The molecule has 2 aromatic carbocycles. The third kappa shape index (κ3) is 5.17. The van der Waals surface area contributed by atoms with E-state index in [2.05, 4.69) is 15.6 Å². The summed E-state index contributed by atoms with van der Waals surface area (Å²) in [5.41, 5.74) is 1.05. The molecular formula is C18H15N3O2S2. The van der Waals surface area contributed by atoms with Crippen LogP contribution in [0.2, 0.25) is 0 Å². The van der Waals surface area contributed by atoms with Crippen molar-refractivity contribution in [1.29, 1.82) is 0 Å². The van der Waals surface area contributed by atoms with E-state index >= 15 is 0 Å². The molecule has 0 spiro atoms. The van der Waals surface area contributed by atoms with Crippen LogP contribution in [0.3, 0.4) is 0 Å². The highest BCUT2D eigenvalue weighted by atomic mass is 32.2. The molecule has 0 aliphatic heterocycles. The van der Waals surface area contributed by atoms with Gasteiger partial charge in [-0.3, -0.25) is 14.9 Å². The fourth-order valence-corrected chi connectivity index (χ4v) is 3.30. The average Bonchev–Trinajstić information content (AvgIpc) is 3.14. The predicted molar refractivity (Wildman–Crippen MR) is 102 cm³/mol. The molecule has 126 valence electrons. The summed E-state index contributed by atoms with van der Waals surface area (Å²) in [5.74, 6) is -0.0736. The molecule has 0 radical (unpaired) electrons. The first kappa shape index (κ1) is 17.2. The average molecular weight is 369 g/mol. The third-order valence-electron chi connectivity index (χ3n) is 3.17. The zero-order chi connectivity index (χ0) is 17.5. The minimum absolute atomic E-state index is 0.119. The zero-order valence-electron chi connectivity index (χ0n) is 13.1. The second-order valence-corrected chi connectivity index (χ2v) is 6.97. The highest BCUT2D eigenvalue weighted by Crippen LogP contribution is 2.18. The normalized spacial score (nSPS) is 10.2. The van der Waals surface area contributed by atoms with Crippen molar-refractivity contribution in [3.63, 3.8) is 0 Å². The van der Waals surface area contributed by atoms with Crippen LogP contribution in [-0.4, -0.2) is 22.6 Å². The van der Waals surface area contributed by atoms with Crippen LogP contribution in [-0.2, 0) is 4.79 Å². The van der Waals surface area contributed by atoms with Crippen LogP contribution >= 0.6 is 23.1 Å². The van der Waals surface area contributed by atoms with E-state index in [1.54, 1.807) is 35.8 Å². The number of nitrogens with one attached hydrogen (secondary N) is 2. The van der Waals surface area contributed by atoms with Crippen LogP contribution in [0.4, 0.5) is 10.8 Å². The van der Waals surface area contributed by atoms with Gasteiger partial charge in [-0.2, -0.15) is 0 Å². The van der Waals surface area contributed by atoms with E-state index < -0.39 is 0 Å². The number of nitrogens with zero attached hydrogens (tertiary/aromatic N) is 1. The number of hydrogen-bond acceptors (Lipinski definition) is 5. The van der Waals surface area contributed by atoms with E-state index in [4.69, 9.17) is 0 Å². The molecule has 5 nitrogen and oxygen atoms in total. The highest BCUT2D eigenvalue weighted by Gasteiger charge is 2.09. The Morgan fingerprint density at radius 1 is 1.04 bits per heavy atom. The Morgan fingerprint density at radius 3 is 2.64 bits per heavy atom. The molecule has 2 amide bonds. The SMILES string of the molecule is O=C(CSc1ccccc1)Nc1cccc(C(=O)Nc2nccs2)c1. The molecule has 0 aliphatic rings. The van der Waals surface area contributed by atoms with Crippen molar-refractivity contribution in [1.82, 2.24) is 4.98 Å². The molecule has 0 fully saturated rings. The van der Waals surface area contributed by atoms with Gasteiger partial charge in [-0.15, -0.1) is 23.1 Å². The molecule has 3 aromatic rings. The third-order valence-corrected chi connectivity index (χ3v) is 4.87. The molecule has 0 bridgehead atoms. The van der Waals surface area contributed by atoms with Gasteiger partial charge < -0.3 is 5.32 Å². The van der Waals surface area contributed by atoms with Gasteiger partial charge in [0.05, 0.1) is 5.75 Å². The van der Waals surface area contributed by atoms with Gasteiger partial charge in [0.25, 0.3) is 5.91 Å². The molecule has 0 aliphatic carbocycles. The highest BCUT2D eigenvalue weighted by molar-refractivity contribution is 8.00. The molecule has 1 aromatic heterocycles. The number of hydrogen-bond donors (Lipinski definition) is 2. The summed E-state index contributed by atoms with van der Waals surface area (Å²) in [4.78, 5) is 29.3. The molecule has 0 saturated heterocycles. The van der Waals surface area contributed by atoms with Crippen molar-refractivity contribution in [2.75, 3.05) is 16.4 Å². The van der Waals surface area contributed by atoms with Crippen molar-refractivity contribution in [3.05, 3.63) is 71.7 Å². The van der Waals surface area contributed by atoms with E-state index in [1.807, 2.05) is 30.3 Å². The van der Waals surface area contributed by atoms with Crippen LogP contribution in [0.5, 0.6) is 0 Å². The summed E-state index contributed by atoms with van der Waals surface area (Å²) >= 11 is 2.81. The molecule has 0 saturated carbocycles. The minimum Gasteiger partial charge on any atom is -0.325 e. The molecule has 0 atom stereocenters. The number of thioether (sulfide) groups is 1. The van der Waals surface area contributed by atoms with Gasteiger partial charge >= 0.3 is 0 Å². The molecular weight excluding hydrogens is 354 g/mol. The van der Waals surface area contributed by atoms with Gasteiger partial charge in [-0.25, -0.2) is 4.98 Å². The molecule has 3 rings (SSSR count). The topological polar surface area (TPSA) is 71.1 Å². The first-order valence-electron chi connectivity index (χ1n) is 7.49. The number of carbonyl (C=O) groups excluding carboxylic acids is 2. The van der Waals surface area contributed by atoms with Gasteiger partial charge in [-0.05, 0) is 30.3 Å². The fourth-order valence-electron chi connectivity index (χ4n) is 2.06. The Hall–Kier alpha value is -2.64. The van der Waals surface area contributed by atoms with Crippen molar-refractivity contribution < 1.29 is 9.59 Å². The lowest BCUT2D eigenvalue weighted by molar-refractivity contribution is -0.113. The number of benzene rings is 2. The minimum atomic E-state index is -0.260. The summed E-state index contributed by atoms with van der Waals surface area (Å²) in [6, 6.07) is 16.6. The van der Waals surface area contributed by atoms with E-state index in [-0.39, 0.29) is 11.8 Å². The van der Waals surface area contributed by atoms with Gasteiger partial charge in [0, 0.05) is 27.7 Å². The smallest absolute Gasteiger partial charge is 0.257 e. The zero-order valence-corrected chi connectivity index (χ0v) is 14.8. The summed E-state index contributed by atoms with van der Waals surface area (Å²) in [7, 11) is 0. The van der Waals surface area contributed by atoms with Crippen LogP contribution in [0, 0.1) is 0 Å². The first-order valence-corrected chi connectivity index (χ1v) is 9.36. The number of amides is 2. The van der Waals surface area contributed by atoms with Crippen LogP contribution in [0.25, 0.3) is 0 Å². The van der Waals surface area contributed by atoms with E-state index in [1.165, 1.54) is 23.1 Å². The van der Waals surface area contributed by atoms with Crippen LogP contribution in [0.15, 0.2) is 71.1 Å². The summed E-state index contributed by atoms with van der Waals surface area (Å²) in [5, 5.41) is 7.86. The molecule has 2 N–H and O–H groups in total. The van der Waals surface area contributed by atoms with E-state index in [9.17, 15) is 9.59 Å². The van der Waals surface area contributed by atoms with Crippen molar-refractivity contribution in [3.8, 4) is 0 Å². The summed E-state index contributed by atoms with van der Waals surface area (Å²) in [6.07, 6.45) is 1.63. The largest absolute Gasteiger partial charge is 0.325 e. The number of thiazole rings is 1. The molecule has 1 heterocycles. The Balaban J connectivity index is 1.57. The van der Waals surface area contributed by atoms with E-state index in [0.717, 1.165) is 4.90 Å². The first-order chi connectivity index (χ1) is 12.2. The quantitative estimate of drug-likeness (QED) is 0.641. The summed E-state index contributed by atoms with van der Waals surface area (Å²) in [6.45, 7) is 0. The molecule has 7 heteroatoms. The lowest BCUT2D eigenvalue weighted by atomic mass is 10.2. The number of anilines is 2. The van der Waals surface area contributed by atoms with Gasteiger partial charge in [0.2, 0.25) is 5.91 Å². The monoisotopic (exact) mass is 369 g/mol. The molecule has 0 unspecified atom stereocenters. The Morgan fingerprint density at radius 2 is 1.88 bits per heavy atom. The number of rotatable bonds is 6. The Labute approximate surface area is 153 Å². The lowest BCUT2D eigenvalue weighted by Gasteiger charge is -2.07. The van der Waals surface area contributed by atoms with Gasteiger partial charge in [-0.1, -0.05) is 24.3 Å². The fraction of sp³-hybridized carbons (Fsp3) is 0.0556. The number of aromatic nitrogens is 1. The summed E-state index contributed by atoms with van der Waals surface area (Å²) < 4.78 is 0. The maximum absolute atomic E-state index is 12.2. The van der Waals surface area contributed by atoms with Crippen molar-refractivity contribution in [2.45, 2.75) is 4.90 Å². The van der Waals surface area contributed by atoms with Crippen molar-refractivity contribution >= 4 is 45.7 Å². The second-order valence-electron chi connectivity index (χ2n) is 5.02. The van der Waals surface area contributed by atoms with Gasteiger partial charge in [0.15, 0.2) is 5.13 Å². The Bertz CT molecular complexity index is 852. The number of carbonyl (C=O) groups is 2. The van der Waals surface area contributed by atoms with E-state index in [0.29, 0.717) is 22.1 Å². The Kier molecular flexibility index (Phi) is 5.81. The standard InChI is InChI=1S/C18H15N3O2S2/c22-16(12-25-15-7-2-1-3-8-15)20-14-6-4-5-13(11-14)17(23)21-18-19-9-10-24-18/h1-11H,12H2,(H,20,22)(H,19,21,23). The van der Waals surface area contributed by atoms with Crippen LogP contribution in [0.1, 0.15) is 10.4 Å². The van der Waals surface area contributed by atoms with Crippen molar-refractivity contribution in [2.24, 2.45) is 0 Å². The second kappa shape index (κ2) is 8.46. The maximum Gasteiger partial charge on any atom is 0.257 e.